The van der Waals surface area contributed by atoms with E-state index < -0.39 is 12.6 Å². The Morgan fingerprint density at radius 2 is 2.17 bits per heavy atom. The Hall–Kier alpha value is -2.25. The summed E-state index contributed by atoms with van der Waals surface area (Å²) >= 11 is 0. The molecule has 1 aliphatic heterocycles. The minimum atomic E-state index is -2.93. The number of nitrogens with zero attached hydrogens (tertiary/aromatic N) is 2. The Morgan fingerprint density at radius 3 is 2.71 bits per heavy atom. The average Bonchev–Trinajstić information content (AvgIpc) is 3.26. The molecule has 1 atom stereocenters. The number of piperidine rings is 1. The van der Waals surface area contributed by atoms with E-state index in [1.165, 1.54) is 12.1 Å². The number of alkyl halides is 2. The van der Waals surface area contributed by atoms with E-state index in [1.54, 1.807) is 4.90 Å². The lowest BCUT2D eigenvalue weighted by molar-refractivity contribution is -0.138. The van der Waals surface area contributed by atoms with Gasteiger partial charge >= 0.3 is 12.6 Å². The van der Waals surface area contributed by atoms with Crippen LogP contribution in [0.25, 0.3) is 0 Å². The number of carboxylic acid groups (broad SMARTS) is 1. The first-order valence-electron chi connectivity index (χ1n) is 7.84. The molecular formula is C16H18F2N2O4. The van der Waals surface area contributed by atoms with Crippen molar-refractivity contribution >= 4 is 11.9 Å². The summed E-state index contributed by atoms with van der Waals surface area (Å²) in [7, 11) is 0. The molecule has 0 aromatic carbocycles. The van der Waals surface area contributed by atoms with Crippen molar-refractivity contribution in [3.8, 4) is 5.75 Å². The van der Waals surface area contributed by atoms with Gasteiger partial charge in [-0.15, -0.1) is 0 Å². The molecule has 1 aromatic rings. The highest BCUT2D eigenvalue weighted by atomic mass is 19.3. The zero-order valence-corrected chi connectivity index (χ0v) is 13.0. The molecule has 24 heavy (non-hydrogen) atoms. The van der Waals surface area contributed by atoms with Crippen LogP contribution in [0.1, 0.15) is 42.6 Å². The molecule has 2 fully saturated rings. The Morgan fingerprint density at radius 1 is 1.42 bits per heavy atom. The number of hydrogen-bond acceptors (Lipinski definition) is 4. The first-order chi connectivity index (χ1) is 11.4. The van der Waals surface area contributed by atoms with Crippen LogP contribution in [0.15, 0.2) is 18.3 Å². The van der Waals surface area contributed by atoms with Gasteiger partial charge in [0.25, 0.3) is 5.91 Å². The zero-order valence-electron chi connectivity index (χ0n) is 13.0. The lowest BCUT2D eigenvalue weighted by Crippen LogP contribution is -2.48. The monoisotopic (exact) mass is 340 g/mol. The summed E-state index contributed by atoms with van der Waals surface area (Å²) < 4.78 is 28.5. The van der Waals surface area contributed by atoms with Gasteiger partial charge in [0.2, 0.25) is 0 Å². The largest absolute Gasteiger partial charge is 0.481 e. The smallest absolute Gasteiger partial charge is 0.387 e. The van der Waals surface area contributed by atoms with Crippen LogP contribution in [0.3, 0.4) is 0 Å². The third-order valence-corrected chi connectivity index (χ3v) is 4.72. The molecule has 0 radical (unpaired) electrons. The van der Waals surface area contributed by atoms with Gasteiger partial charge < -0.3 is 14.7 Å². The number of rotatable bonds is 5. The highest BCUT2D eigenvalue weighted by Crippen LogP contribution is 2.51. The van der Waals surface area contributed by atoms with Crippen LogP contribution in [0.5, 0.6) is 5.75 Å². The van der Waals surface area contributed by atoms with Crippen LogP contribution in [-0.4, -0.2) is 45.6 Å². The van der Waals surface area contributed by atoms with Crippen molar-refractivity contribution in [3.05, 3.63) is 24.0 Å². The fourth-order valence-corrected chi connectivity index (χ4v) is 3.47. The number of aromatic nitrogens is 1. The van der Waals surface area contributed by atoms with Gasteiger partial charge in [0.05, 0.1) is 6.20 Å². The Labute approximate surface area is 137 Å². The highest BCUT2D eigenvalue weighted by Gasteiger charge is 2.53. The summed E-state index contributed by atoms with van der Waals surface area (Å²) in [6.45, 7) is -2.44. The van der Waals surface area contributed by atoms with Gasteiger partial charge in [-0.05, 0) is 43.7 Å². The quantitative estimate of drug-likeness (QED) is 0.891. The number of hydrogen-bond donors (Lipinski definition) is 1. The standard InChI is InChI=1S/C16H18F2N2O4/c17-15(18)24-11-1-2-12(19-9-11)14(23)20-6-3-10(7-13(21)22)8-16(20)4-5-16/h1-2,9-10,15H,3-8H2,(H,21,22). The molecule has 1 aliphatic carbocycles. The van der Waals surface area contributed by atoms with Gasteiger partial charge in [0, 0.05) is 18.5 Å². The van der Waals surface area contributed by atoms with E-state index in [0.29, 0.717) is 19.4 Å². The SMILES string of the molecule is O=C(O)CC1CCN(C(=O)c2ccc(OC(F)F)cn2)C2(CC2)C1. The summed E-state index contributed by atoms with van der Waals surface area (Å²) in [5.41, 5.74) is -0.0745. The number of amides is 1. The summed E-state index contributed by atoms with van der Waals surface area (Å²) in [4.78, 5) is 29.3. The topological polar surface area (TPSA) is 79.7 Å². The summed E-state index contributed by atoms with van der Waals surface area (Å²) in [6, 6.07) is 2.67. The second kappa shape index (κ2) is 6.33. The van der Waals surface area contributed by atoms with Crippen LogP contribution in [0.4, 0.5) is 8.78 Å². The molecule has 1 unspecified atom stereocenters. The maximum absolute atomic E-state index is 12.7. The van der Waals surface area contributed by atoms with E-state index in [4.69, 9.17) is 5.11 Å². The van der Waals surface area contributed by atoms with Crippen molar-refractivity contribution < 1.29 is 28.2 Å². The van der Waals surface area contributed by atoms with Crippen LogP contribution in [0, 0.1) is 5.92 Å². The molecule has 0 bridgehead atoms. The van der Waals surface area contributed by atoms with Gasteiger partial charge in [-0.3, -0.25) is 9.59 Å². The molecule has 1 aromatic heterocycles. The number of carbonyl (C=O) groups is 2. The van der Waals surface area contributed by atoms with E-state index in [2.05, 4.69) is 9.72 Å². The van der Waals surface area contributed by atoms with E-state index in [-0.39, 0.29) is 35.2 Å². The molecule has 8 heteroatoms. The zero-order chi connectivity index (χ0) is 17.3. The Balaban J connectivity index is 1.68. The van der Waals surface area contributed by atoms with Crippen LogP contribution in [-0.2, 0) is 4.79 Å². The van der Waals surface area contributed by atoms with Gasteiger partial charge in [0.1, 0.15) is 11.4 Å². The van der Waals surface area contributed by atoms with Gasteiger partial charge in [-0.25, -0.2) is 4.98 Å². The van der Waals surface area contributed by atoms with Crippen molar-refractivity contribution in [1.29, 1.82) is 0 Å². The third-order valence-electron chi connectivity index (χ3n) is 4.72. The van der Waals surface area contributed by atoms with Crippen molar-refractivity contribution in [2.24, 2.45) is 5.92 Å². The van der Waals surface area contributed by atoms with Gasteiger partial charge in [0.15, 0.2) is 0 Å². The molecule has 1 saturated carbocycles. The molecule has 130 valence electrons. The summed E-state index contributed by atoms with van der Waals surface area (Å²) in [5, 5.41) is 8.94. The second-order valence-corrected chi connectivity index (χ2v) is 6.40. The van der Waals surface area contributed by atoms with Gasteiger partial charge in [-0.2, -0.15) is 8.78 Å². The normalized spacial score (nSPS) is 21.8. The Kier molecular flexibility index (Phi) is 4.38. The predicted molar refractivity (Wildman–Crippen MR) is 78.8 cm³/mol. The van der Waals surface area contributed by atoms with Crippen molar-refractivity contribution in [2.75, 3.05) is 6.54 Å². The summed E-state index contributed by atoms with van der Waals surface area (Å²) in [5.74, 6) is -1.07. The number of likely N-dealkylation sites (tertiary alicyclic amines) is 1. The Bertz CT molecular complexity index is 631. The maximum Gasteiger partial charge on any atom is 0.387 e. The number of halogens is 2. The predicted octanol–water partition coefficient (Wildman–Crippen LogP) is 2.54. The fourth-order valence-electron chi connectivity index (χ4n) is 3.47. The van der Waals surface area contributed by atoms with Crippen LogP contribution >= 0.6 is 0 Å². The van der Waals surface area contributed by atoms with Gasteiger partial charge in [-0.1, -0.05) is 0 Å². The molecule has 1 spiro atoms. The van der Waals surface area contributed by atoms with E-state index >= 15 is 0 Å². The molecule has 3 rings (SSSR count). The molecule has 1 saturated heterocycles. The molecule has 6 nitrogen and oxygen atoms in total. The first-order valence-corrected chi connectivity index (χ1v) is 7.84. The van der Waals surface area contributed by atoms with Crippen molar-refractivity contribution in [3.63, 3.8) is 0 Å². The summed E-state index contributed by atoms with van der Waals surface area (Å²) in [6.07, 6.45) is 4.30. The van der Waals surface area contributed by atoms with Crippen molar-refractivity contribution in [2.45, 2.75) is 44.3 Å². The van der Waals surface area contributed by atoms with Crippen LogP contribution < -0.4 is 4.74 Å². The second-order valence-electron chi connectivity index (χ2n) is 6.40. The minimum Gasteiger partial charge on any atom is -0.481 e. The molecule has 1 amide bonds. The van der Waals surface area contributed by atoms with Crippen LogP contribution in [0.2, 0.25) is 0 Å². The van der Waals surface area contributed by atoms with E-state index in [1.807, 2.05) is 0 Å². The number of pyridine rings is 1. The number of carboxylic acids is 1. The first kappa shape index (κ1) is 16.6. The lowest BCUT2D eigenvalue weighted by Gasteiger charge is -2.39. The number of aliphatic carboxylic acids is 1. The van der Waals surface area contributed by atoms with E-state index in [0.717, 1.165) is 19.0 Å². The minimum absolute atomic E-state index is 0.0869. The highest BCUT2D eigenvalue weighted by molar-refractivity contribution is 5.93. The fraction of sp³-hybridized carbons (Fsp3) is 0.562. The molecule has 2 aliphatic rings. The lowest BCUT2D eigenvalue weighted by atomic mass is 9.86. The number of ether oxygens (including phenoxy) is 1. The van der Waals surface area contributed by atoms with E-state index in [9.17, 15) is 18.4 Å². The molecular weight excluding hydrogens is 322 g/mol. The molecule has 2 heterocycles. The van der Waals surface area contributed by atoms with Crippen molar-refractivity contribution in [1.82, 2.24) is 9.88 Å². The average molecular weight is 340 g/mol. The number of carbonyl (C=O) groups excluding carboxylic acids is 1. The molecule has 1 N–H and O–H groups in total. The third kappa shape index (κ3) is 3.47. The maximum atomic E-state index is 12.7.